The number of piperidine rings is 1. The van der Waals surface area contributed by atoms with Crippen LogP contribution in [0.2, 0.25) is 0 Å². The van der Waals surface area contributed by atoms with Crippen molar-refractivity contribution in [2.75, 3.05) is 13.1 Å². The molecule has 30 heavy (non-hydrogen) atoms. The fourth-order valence-corrected chi connectivity index (χ4v) is 3.95. The Morgan fingerprint density at radius 1 is 1.20 bits per heavy atom. The van der Waals surface area contributed by atoms with Crippen LogP contribution < -0.4 is 0 Å². The van der Waals surface area contributed by atoms with Crippen LogP contribution in [0.25, 0.3) is 11.6 Å². The molecule has 2 N–H and O–H groups in total. The lowest BCUT2D eigenvalue weighted by Gasteiger charge is -2.43. The first-order chi connectivity index (χ1) is 14.5. The van der Waals surface area contributed by atoms with Gasteiger partial charge in [0.15, 0.2) is 11.6 Å². The Labute approximate surface area is 172 Å². The number of carboxylic acids is 1. The average Bonchev–Trinajstić information content (AvgIpc) is 3.27. The Morgan fingerprint density at radius 3 is 2.57 bits per heavy atom. The van der Waals surface area contributed by atoms with Gasteiger partial charge in [-0.1, -0.05) is 12.1 Å². The Hall–Kier alpha value is -3.10. The molecule has 0 unspecified atom stereocenters. The van der Waals surface area contributed by atoms with E-state index in [4.69, 9.17) is 4.42 Å². The van der Waals surface area contributed by atoms with Gasteiger partial charge in [-0.3, -0.25) is 9.69 Å². The Balaban J connectivity index is 1.51. The number of halogens is 1. The van der Waals surface area contributed by atoms with E-state index in [1.54, 1.807) is 42.9 Å². The van der Waals surface area contributed by atoms with E-state index in [0.717, 1.165) is 5.56 Å². The van der Waals surface area contributed by atoms with Crippen LogP contribution >= 0.6 is 0 Å². The van der Waals surface area contributed by atoms with Crippen molar-refractivity contribution in [2.24, 2.45) is 5.41 Å². The summed E-state index contributed by atoms with van der Waals surface area (Å²) in [6, 6.07) is 9.27. The molecule has 0 amide bonds. The molecule has 0 radical (unpaired) electrons. The van der Waals surface area contributed by atoms with E-state index in [9.17, 15) is 19.4 Å². The van der Waals surface area contributed by atoms with Crippen LogP contribution in [-0.4, -0.2) is 50.2 Å². The summed E-state index contributed by atoms with van der Waals surface area (Å²) < 4.78 is 18.5. The van der Waals surface area contributed by atoms with Gasteiger partial charge in [-0.05, 0) is 42.7 Å². The van der Waals surface area contributed by atoms with E-state index in [1.807, 2.05) is 4.90 Å². The molecule has 1 fully saturated rings. The van der Waals surface area contributed by atoms with Gasteiger partial charge >= 0.3 is 5.97 Å². The van der Waals surface area contributed by atoms with Gasteiger partial charge in [-0.25, -0.2) is 14.4 Å². The maximum atomic E-state index is 13.2. The van der Waals surface area contributed by atoms with Crippen LogP contribution in [0.5, 0.6) is 0 Å². The summed E-state index contributed by atoms with van der Waals surface area (Å²) in [5.41, 5.74) is 0.138. The zero-order chi connectivity index (χ0) is 21.1. The molecule has 8 heteroatoms. The van der Waals surface area contributed by atoms with Gasteiger partial charge in [-0.2, -0.15) is 0 Å². The van der Waals surface area contributed by atoms with E-state index in [0.29, 0.717) is 36.7 Å². The fourth-order valence-electron chi connectivity index (χ4n) is 3.95. The molecule has 1 aliphatic heterocycles. The molecule has 1 saturated heterocycles. The first-order valence-electron chi connectivity index (χ1n) is 9.69. The summed E-state index contributed by atoms with van der Waals surface area (Å²) in [4.78, 5) is 22.9. The van der Waals surface area contributed by atoms with Gasteiger partial charge in [0, 0.05) is 37.6 Å². The van der Waals surface area contributed by atoms with E-state index < -0.39 is 17.5 Å². The van der Waals surface area contributed by atoms with Crippen molar-refractivity contribution in [1.82, 2.24) is 14.9 Å². The van der Waals surface area contributed by atoms with E-state index >= 15 is 0 Å². The lowest BCUT2D eigenvalue weighted by Crippen LogP contribution is -2.56. The van der Waals surface area contributed by atoms with Crippen LogP contribution in [0, 0.1) is 11.2 Å². The van der Waals surface area contributed by atoms with Crippen molar-refractivity contribution < 1.29 is 23.8 Å². The van der Waals surface area contributed by atoms with Gasteiger partial charge in [0.05, 0.1) is 12.4 Å². The second-order valence-corrected chi connectivity index (χ2v) is 7.67. The monoisotopic (exact) mass is 411 g/mol. The highest BCUT2D eigenvalue weighted by Gasteiger charge is 2.49. The summed E-state index contributed by atoms with van der Waals surface area (Å²) in [6.45, 7) is 1.18. The second-order valence-electron chi connectivity index (χ2n) is 7.67. The summed E-state index contributed by atoms with van der Waals surface area (Å²) in [7, 11) is 0. The highest BCUT2D eigenvalue weighted by Crippen LogP contribution is 2.35. The third kappa shape index (κ3) is 4.10. The van der Waals surface area contributed by atoms with Crippen LogP contribution in [0.4, 0.5) is 4.39 Å². The lowest BCUT2D eigenvalue weighted by atomic mass is 9.72. The molecular formula is C22H22FN3O4. The highest BCUT2D eigenvalue weighted by atomic mass is 19.1. The first-order valence-corrected chi connectivity index (χ1v) is 9.69. The third-order valence-electron chi connectivity index (χ3n) is 5.57. The number of aliphatic hydroxyl groups excluding tert-OH is 1. The summed E-state index contributed by atoms with van der Waals surface area (Å²) >= 11 is 0. The van der Waals surface area contributed by atoms with Gasteiger partial charge < -0.3 is 14.6 Å². The maximum absolute atomic E-state index is 13.2. The highest BCUT2D eigenvalue weighted by molar-refractivity contribution is 5.76. The molecule has 4 rings (SSSR count). The minimum atomic E-state index is -1.37. The Morgan fingerprint density at radius 2 is 1.93 bits per heavy atom. The van der Waals surface area contributed by atoms with Crippen molar-refractivity contribution in [1.29, 1.82) is 0 Å². The smallest absolute Gasteiger partial charge is 0.313 e. The molecule has 7 nitrogen and oxygen atoms in total. The normalized spacial score (nSPS) is 22.1. The molecule has 1 aliphatic rings. The number of aliphatic hydroxyl groups is 1. The number of furan rings is 1. The quantitative estimate of drug-likeness (QED) is 0.643. The minimum absolute atomic E-state index is 0.119. The molecule has 0 saturated carbocycles. The summed E-state index contributed by atoms with van der Waals surface area (Å²) in [5.74, 6) is -0.388. The zero-order valence-electron chi connectivity index (χ0n) is 16.2. The molecule has 2 atom stereocenters. The number of nitrogens with zero attached hydrogens (tertiary/aromatic N) is 3. The molecule has 0 bridgehead atoms. The van der Waals surface area contributed by atoms with Crippen LogP contribution in [-0.2, 0) is 17.8 Å². The van der Waals surface area contributed by atoms with Crippen molar-refractivity contribution in [3.05, 3.63) is 72.0 Å². The average molecular weight is 411 g/mol. The molecule has 2 aromatic heterocycles. The number of aromatic nitrogens is 2. The number of carboxylic acid groups (broad SMARTS) is 1. The Kier molecular flexibility index (Phi) is 5.61. The number of carbonyl (C=O) groups is 1. The van der Waals surface area contributed by atoms with Crippen molar-refractivity contribution in [3.63, 3.8) is 0 Å². The number of aliphatic carboxylic acids is 1. The number of hydrogen-bond donors (Lipinski definition) is 2. The van der Waals surface area contributed by atoms with Crippen LogP contribution in [0.1, 0.15) is 17.5 Å². The van der Waals surface area contributed by atoms with Gasteiger partial charge in [0.1, 0.15) is 11.2 Å². The second kappa shape index (κ2) is 8.33. The van der Waals surface area contributed by atoms with Gasteiger partial charge in [0.2, 0.25) is 0 Å². The predicted octanol–water partition coefficient (Wildman–Crippen LogP) is 2.76. The van der Waals surface area contributed by atoms with Crippen molar-refractivity contribution in [3.8, 4) is 11.6 Å². The Bertz CT molecular complexity index is 992. The van der Waals surface area contributed by atoms with E-state index in [1.165, 1.54) is 12.1 Å². The molecule has 0 aliphatic carbocycles. The van der Waals surface area contributed by atoms with Crippen LogP contribution in [0.15, 0.2) is 59.5 Å². The van der Waals surface area contributed by atoms with Gasteiger partial charge in [0.25, 0.3) is 0 Å². The SMILES string of the molecule is O=C(O)[C@]1(Cc2ccc(F)cc2)CN(Cc2cnc(-c3ccco3)nc2)CC[C@H]1O. The fraction of sp³-hybridized carbons (Fsp3) is 0.318. The van der Waals surface area contributed by atoms with Gasteiger partial charge in [-0.15, -0.1) is 0 Å². The van der Waals surface area contributed by atoms with Crippen molar-refractivity contribution in [2.45, 2.75) is 25.5 Å². The largest absolute Gasteiger partial charge is 0.481 e. The van der Waals surface area contributed by atoms with E-state index in [2.05, 4.69) is 9.97 Å². The molecule has 156 valence electrons. The molecular weight excluding hydrogens is 389 g/mol. The molecule has 3 heterocycles. The number of benzene rings is 1. The minimum Gasteiger partial charge on any atom is -0.481 e. The number of hydrogen-bond acceptors (Lipinski definition) is 6. The molecule has 0 spiro atoms. The predicted molar refractivity (Wildman–Crippen MR) is 106 cm³/mol. The maximum Gasteiger partial charge on any atom is 0.313 e. The van der Waals surface area contributed by atoms with E-state index in [-0.39, 0.29) is 18.8 Å². The summed E-state index contributed by atoms with van der Waals surface area (Å²) in [6.07, 6.45) is 4.40. The number of rotatable bonds is 6. The van der Waals surface area contributed by atoms with Crippen LogP contribution in [0.3, 0.4) is 0 Å². The standard InChI is InChI=1S/C22H22FN3O4/c23-17-5-3-15(4-6-17)10-22(21(28)29)14-26(8-7-19(22)27)13-16-11-24-20(25-12-16)18-2-1-9-30-18/h1-6,9,11-12,19,27H,7-8,10,13-14H2,(H,28,29)/t19-,22-/m1/s1. The zero-order valence-corrected chi connectivity index (χ0v) is 16.2. The topological polar surface area (TPSA) is 99.7 Å². The third-order valence-corrected chi connectivity index (χ3v) is 5.57. The molecule has 1 aromatic carbocycles. The lowest BCUT2D eigenvalue weighted by molar-refractivity contribution is -0.163. The molecule has 3 aromatic rings. The van der Waals surface area contributed by atoms with Crippen molar-refractivity contribution >= 4 is 5.97 Å². The number of likely N-dealkylation sites (tertiary alicyclic amines) is 1. The summed E-state index contributed by atoms with van der Waals surface area (Å²) in [5, 5.41) is 20.6. The first kappa shape index (κ1) is 20.2.